The van der Waals surface area contributed by atoms with Gasteiger partial charge in [-0.15, -0.1) is 23.5 Å². The first-order chi connectivity index (χ1) is 10.7. The van der Waals surface area contributed by atoms with Crippen LogP contribution in [0.15, 0.2) is 48.5 Å². The normalized spacial score (nSPS) is 15.0. The van der Waals surface area contributed by atoms with Crippen LogP contribution in [0.3, 0.4) is 0 Å². The number of rotatable bonds is 4. The molecule has 1 N–H and O–H groups in total. The summed E-state index contributed by atoms with van der Waals surface area (Å²) in [6.07, 6.45) is 0. The fourth-order valence-electron chi connectivity index (χ4n) is 2.27. The third kappa shape index (κ3) is 4.00. The van der Waals surface area contributed by atoms with Crippen molar-refractivity contribution in [3.63, 3.8) is 0 Å². The molecule has 0 aromatic heterocycles. The minimum Gasteiger partial charge on any atom is -0.348 e. The van der Waals surface area contributed by atoms with Crippen LogP contribution in [0.2, 0.25) is 5.02 Å². The van der Waals surface area contributed by atoms with Crippen molar-refractivity contribution < 1.29 is 4.79 Å². The largest absolute Gasteiger partial charge is 0.348 e. The minimum absolute atomic E-state index is 0.0572. The Morgan fingerprint density at radius 1 is 1.14 bits per heavy atom. The third-order valence-electron chi connectivity index (χ3n) is 3.41. The highest BCUT2D eigenvalue weighted by Crippen LogP contribution is 2.45. The second-order valence-corrected chi connectivity index (χ2v) is 8.17. The van der Waals surface area contributed by atoms with Crippen molar-refractivity contribution in [3.8, 4) is 0 Å². The van der Waals surface area contributed by atoms with Gasteiger partial charge in [-0.2, -0.15) is 0 Å². The first-order valence-corrected chi connectivity index (χ1v) is 9.56. The van der Waals surface area contributed by atoms with Gasteiger partial charge in [0, 0.05) is 28.6 Å². The van der Waals surface area contributed by atoms with Crippen molar-refractivity contribution in [2.24, 2.45) is 0 Å². The highest BCUT2D eigenvalue weighted by atomic mass is 35.5. The Hall–Kier alpha value is -1.10. The van der Waals surface area contributed by atoms with Gasteiger partial charge in [0.1, 0.15) is 0 Å². The van der Waals surface area contributed by atoms with Crippen molar-refractivity contribution in [1.29, 1.82) is 0 Å². The van der Waals surface area contributed by atoms with Crippen LogP contribution in [0.4, 0.5) is 0 Å². The summed E-state index contributed by atoms with van der Waals surface area (Å²) in [5, 5.41) is 3.61. The first kappa shape index (κ1) is 15.8. The van der Waals surface area contributed by atoms with Crippen LogP contribution in [0, 0.1) is 0 Å². The molecule has 0 radical (unpaired) electrons. The molecule has 2 aromatic rings. The molecule has 114 valence electrons. The number of hydrogen-bond acceptors (Lipinski definition) is 3. The molecule has 1 aliphatic rings. The fraction of sp³-hybridized carbons (Fsp3) is 0.235. The molecule has 0 aliphatic carbocycles. The second-order valence-electron chi connectivity index (χ2n) is 5.01. The summed E-state index contributed by atoms with van der Waals surface area (Å²) in [5.41, 5.74) is 2.98. The van der Waals surface area contributed by atoms with Crippen LogP contribution in [0.25, 0.3) is 0 Å². The van der Waals surface area contributed by atoms with Crippen molar-refractivity contribution in [1.82, 2.24) is 5.32 Å². The number of carbonyl (C=O) groups excluding carboxylic acids is 1. The van der Waals surface area contributed by atoms with E-state index in [0.29, 0.717) is 21.7 Å². The summed E-state index contributed by atoms with van der Waals surface area (Å²) in [4.78, 5) is 12.2. The van der Waals surface area contributed by atoms with E-state index in [4.69, 9.17) is 11.6 Å². The molecule has 0 saturated carbocycles. The summed E-state index contributed by atoms with van der Waals surface area (Å²) in [6, 6.07) is 15.4. The standard InChI is InChI=1S/C17H16ClNOS2/c18-15-3-1-2-12(10-15)11-19-16(20)13-4-6-14(7-5-13)17-21-8-9-22-17/h1-7,10,17H,8-9,11H2,(H,19,20). The van der Waals surface area contributed by atoms with E-state index in [9.17, 15) is 4.79 Å². The predicted octanol–water partition coefficient (Wildman–Crippen LogP) is 4.75. The molecule has 2 nitrogen and oxygen atoms in total. The van der Waals surface area contributed by atoms with Crippen LogP contribution in [0.1, 0.15) is 26.1 Å². The first-order valence-electron chi connectivity index (χ1n) is 7.08. The number of halogens is 1. The van der Waals surface area contributed by atoms with Gasteiger partial charge < -0.3 is 5.32 Å². The highest BCUT2D eigenvalue weighted by Gasteiger charge is 2.18. The van der Waals surface area contributed by atoms with Gasteiger partial charge in [0.15, 0.2) is 0 Å². The summed E-state index contributed by atoms with van der Waals surface area (Å²) < 4.78 is 0.517. The number of carbonyl (C=O) groups is 1. The maximum atomic E-state index is 12.2. The maximum Gasteiger partial charge on any atom is 0.251 e. The number of nitrogens with one attached hydrogen (secondary N) is 1. The lowest BCUT2D eigenvalue weighted by Gasteiger charge is -2.10. The van der Waals surface area contributed by atoms with Gasteiger partial charge in [0.25, 0.3) is 5.91 Å². The quantitative estimate of drug-likeness (QED) is 0.863. The Bertz CT molecular complexity index is 654. The van der Waals surface area contributed by atoms with E-state index in [1.165, 1.54) is 17.1 Å². The number of benzene rings is 2. The van der Waals surface area contributed by atoms with Gasteiger partial charge in [0.05, 0.1) is 4.58 Å². The van der Waals surface area contributed by atoms with E-state index in [1.54, 1.807) is 0 Å². The molecule has 1 amide bonds. The number of amides is 1. The summed E-state index contributed by atoms with van der Waals surface area (Å²) in [6.45, 7) is 0.482. The Balaban J connectivity index is 1.60. The molecule has 0 spiro atoms. The summed E-state index contributed by atoms with van der Waals surface area (Å²) >= 11 is 9.88. The van der Waals surface area contributed by atoms with E-state index in [-0.39, 0.29) is 5.91 Å². The molecule has 0 unspecified atom stereocenters. The van der Waals surface area contributed by atoms with E-state index < -0.39 is 0 Å². The van der Waals surface area contributed by atoms with Crippen molar-refractivity contribution in [2.45, 2.75) is 11.1 Å². The van der Waals surface area contributed by atoms with E-state index >= 15 is 0 Å². The van der Waals surface area contributed by atoms with Crippen LogP contribution >= 0.6 is 35.1 Å². The molecule has 3 rings (SSSR count). The van der Waals surface area contributed by atoms with Gasteiger partial charge >= 0.3 is 0 Å². The topological polar surface area (TPSA) is 29.1 Å². The van der Waals surface area contributed by atoms with E-state index in [0.717, 1.165) is 5.56 Å². The molecule has 2 aromatic carbocycles. The highest BCUT2D eigenvalue weighted by molar-refractivity contribution is 8.19. The minimum atomic E-state index is -0.0572. The summed E-state index contributed by atoms with van der Waals surface area (Å²) in [5.74, 6) is 2.35. The smallest absolute Gasteiger partial charge is 0.251 e. The summed E-state index contributed by atoms with van der Waals surface area (Å²) in [7, 11) is 0. The van der Waals surface area contributed by atoms with Gasteiger partial charge in [-0.3, -0.25) is 4.79 Å². The van der Waals surface area contributed by atoms with Crippen LogP contribution < -0.4 is 5.32 Å². The van der Waals surface area contributed by atoms with Gasteiger partial charge in [-0.05, 0) is 35.4 Å². The molecule has 1 aliphatic heterocycles. The Morgan fingerprint density at radius 3 is 2.55 bits per heavy atom. The molecule has 5 heteroatoms. The second kappa shape index (κ2) is 7.44. The lowest BCUT2D eigenvalue weighted by Crippen LogP contribution is -2.22. The third-order valence-corrected chi connectivity index (χ3v) is 6.75. The number of thioether (sulfide) groups is 2. The van der Waals surface area contributed by atoms with E-state index in [1.807, 2.05) is 59.9 Å². The van der Waals surface area contributed by atoms with Crippen LogP contribution in [-0.4, -0.2) is 17.4 Å². The van der Waals surface area contributed by atoms with Crippen molar-refractivity contribution in [3.05, 3.63) is 70.2 Å². The monoisotopic (exact) mass is 349 g/mol. The van der Waals surface area contributed by atoms with E-state index in [2.05, 4.69) is 17.4 Å². The Morgan fingerprint density at radius 2 is 1.86 bits per heavy atom. The molecular weight excluding hydrogens is 334 g/mol. The SMILES string of the molecule is O=C(NCc1cccc(Cl)c1)c1ccc(C2SCCS2)cc1. The van der Waals surface area contributed by atoms with Crippen LogP contribution in [-0.2, 0) is 6.54 Å². The molecule has 1 fully saturated rings. The van der Waals surface area contributed by atoms with Gasteiger partial charge in [-0.1, -0.05) is 35.9 Å². The molecule has 22 heavy (non-hydrogen) atoms. The molecule has 1 heterocycles. The van der Waals surface area contributed by atoms with Crippen LogP contribution in [0.5, 0.6) is 0 Å². The van der Waals surface area contributed by atoms with Crippen molar-refractivity contribution >= 4 is 41.0 Å². The van der Waals surface area contributed by atoms with Crippen molar-refractivity contribution in [2.75, 3.05) is 11.5 Å². The fourth-order valence-corrected chi connectivity index (χ4v) is 5.35. The predicted molar refractivity (Wildman–Crippen MR) is 96.7 cm³/mol. The Kier molecular flexibility index (Phi) is 5.34. The average Bonchev–Trinajstić information content (AvgIpc) is 3.07. The lowest BCUT2D eigenvalue weighted by molar-refractivity contribution is 0.0951. The Labute approximate surface area is 144 Å². The molecular formula is C17H16ClNOS2. The average molecular weight is 350 g/mol. The molecule has 0 atom stereocenters. The zero-order valence-corrected chi connectivity index (χ0v) is 14.3. The van der Waals surface area contributed by atoms with Gasteiger partial charge in [-0.25, -0.2) is 0 Å². The zero-order chi connectivity index (χ0) is 15.4. The number of hydrogen-bond donors (Lipinski definition) is 1. The maximum absolute atomic E-state index is 12.2. The van der Waals surface area contributed by atoms with Gasteiger partial charge in [0.2, 0.25) is 0 Å². The lowest BCUT2D eigenvalue weighted by atomic mass is 10.1. The molecule has 1 saturated heterocycles. The zero-order valence-electron chi connectivity index (χ0n) is 11.9. The molecule has 0 bridgehead atoms.